The van der Waals surface area contributed by atoms with Gasteiger partial charge in [0.2, 0.25) is 0 Å². The van der Waals surface area contributed by atoms with E-state index in [-0.39, 0.29) is 26.1 Å². The lowest BCUT2D eigenvalue weighted by Crippen LogP contribution is -2.61. The molecule has 0 aromatic rings. The van der Waals surface area contributed by atoms with E-state index in [9.17, 15) is 45.3 Å². The van der Waals surface area contributed by atoms with Crippen molar-refractivity contribution in [2.24, 2.45) is 0 Å². The Labute approximate surface area is 315 Å². The van der Waals surface area contributed by atoms with E-state index in [2.05, 4.69) is 6.92 Å². The average Bonchev–Trinajstić information content (AvgIpc) is 3.15. The van der Waals surface area contributed by atoms with Gasteiger partial charge in [0.25, 0.3) is 0 Å². The summed E-state index contributed by atoms with van der Waals surface area (Å²) in [7, 11) is 0. The molecule has 0 bridgehead atoms. The Morgan fingerprint density at radius 1 is 0.547 bits per heavy atom. The average molecular weight is 767 g/mol. The summed E-state index contributed by atoms with van der Waals surface area (Å²) in [5.74, 6) is -1.02. The van der Waals surface area contributed by atoms with Crippen LogP contribution in [0.3, 0.4) is 0 Å². The van der Waals surface area contributed by atoms with Crippen LogP contribution in [0.15, 0.2) is 0 Å². The third kappa shape index (κ3) is 18.3. The smallest absolute Gasteiger partial charge is 0.306 e. The second-order valence-corrected chi connectivity index (χ2v) is 14.4. The number of aliphatic hydroxyl groups is 7. The summed E-state index contributed by atoms with van der Waals surface area (Å²) in [6, 6.07) is 0. The van der Waals surface area contributed by atoms with Crippen molar-refractivity contribution >= 4 is 11.9 Å². The maximum Gasteiger partial charge on any atom is 0.306 e. The topological polar surface area (TPSA) is 231 Å². The SMILES string of the molecule is CCCCCCCCCCCCCCCCCCCC(=O)OC(COC(=O)CC)COC1OC(COC2OC(CO)C(O)C(O)C2O)C(O)C(O)C1O. The predicted octanol–water partition coefficient (Wildman–Crippen LogP) is 2.53. The molecule has 2 rings (SSSR count). The maximum atomic E-state index is 12.7. The van der Waals surface area contributed by atoms with Gasteiger partial charge in [0.05, 0.1) is 19.8 Å². The first-order valence-electron chi connectivity index (χ1n) is 20.1. The van der Waals surface area contributed by atoms with Crippen LogP contribution in [-0.2, 0) is 38.0 Å². The molecule has 7 N–H and O–H groups in total. The van der Waals surface area contributed by atoms with Crippen LogP contribution in [0, 0.1) is 0 Å². The van der Waals surface area contributed by atoms with Crippen molar-refractivity contribution in [2.75, 3.05) is 26.4 Å². The molecule has 11 unspecified atom stereocenters. The summed E-state index contributed by atoms with van der Waals surface area (Å²) < 4.78 is 32.7. The minimum atomic E-state index is -1.75. The van der Waals surface area contributed by atoms with E-state index < -0.39 is 92.7 Å². The highest BCUT2D eigenvalue weighted by Crippen LogP contribution is 2.26. The van der Waals surface area contributed by atoms with Gasteiger partial charge in [-0.2, -0.15) is 0 Å². The molecule has 0 aromatic carbocycles. The lowest BCUT2D eigenvalue weighted by Gasteiger charge is -2.42. The number of hydrogen-bond donors (Lipinski definition) is 7. The molecule has 2 saturated heterocycles. The number of esters is 2. The molecule has 0 amide bonds. The van der Waals surface area contributed by atoms with Gasteiger partial charge in [0.15, 0.2) is 18.7 Å². The largest absolute Gasteiger partial charge is 0.462 e. The van der Waals surface area contributed by atoms with Crippen LogP contribution in [0.1, 0.15) is 136 Å². The monoisotopic (exact) mass is 766 g/mol. The highest BCUT2D eigenvalue weighted by molar-refractivity contribution is 5.70. The highest BCUT2D eigenvalue weighted by atomic mass is 16.7. The second-order valence-electron chi connectivity index (χ2n) is 14.4. The van der Waals surface area contributed by atoms with Crippen LogP contribution in [0.4, 0.5) is 0 Å². The van der Waals surface area contributed by atoms with E-state index in [1.807, 2.05) is 0 Å². The van der Waals surface area contributed by atoms with Gasteiger partial charge in [-0.25, -0.2) is 0 Å². The van der Waals surface area contributed by atoms with E-state index in [1.165, 1.54) is 83.5 Å². The zero-order valence-corrected chi connectivity index (χ0v) is 32.0. The van der Waals surface area contributed by atoms with E-state index >= 15 is 0 Å². The number of carbonyl (C=O) groups excluding carboxylic acids is 2. The van der Waals surface area contributed by atoms with Crippen molar-refractivity contribution in [2.45, 2.75) is 203 Å². The summed E-state index contributed by atoms with van der Waals surface area (Å²) in [5.41, 5.74) is 0. The van der Waals surface area contributed by atoms with Crippen LogP contribution in [0.25, 0.3) is 0 Å². The minimum absolute atomic E-state index is 0.103. The van der Waals surface area contributed by atoms with E-state index in [4.69, 9.17) is 28.4 Å². The fourth-order valence-corrected chi connectivity index (χ4v) is 6.43. The van der Waals surface area contributed by atoms with Gasteiger partial charge in [-0.3, -0.25) is 9.59 Å². The van der Waals surface area contributed by atoms with Crippen molar-refractivity contribution < 1.29 is 73.8 Å². The van der Waals surface area contributed by atoms with Crippen LogP contribution < -0.4 is 0 Å². The number of rotatable bonds is 29. The van der Waals surface area contributed by atoms with Gasteiger partial charge < -0.3 is 64.2 Å². The van der Waals surface area contributed by atoms with Gasteiger partial charge >= 0.3 is 11.9 Å². The molecule has 11 atom stereocenters. The molecular weight excluding hydrogens is 696 g/mol. The summed E-state index contributed by atoms with van der Waals surface area (Å²) in [6.07, 6.45) is 4.30. The molecule has 0 aromatic heterocycles. The summed E-state index contributed by atoms with van der Waals surface area (Å²) in [4.78, 5) is 24.5. The Morgan fingerprint density at radius 3 is 1.49 bits per heavy atom. The Kier molecular flexibility index (Phi) is 25.2. The molecule has 2 aliphatic heterocycles. The minimum Gasteiger partial charge on any atom is -0.462 e. The molecule has 0 aliphatic carbocycles. The molecule has 2 fully saturated rings. The van der Waals surface area contributed by atoms with Gasteiger partial charge in [0.1, 0.15) is 55.4 Å². The lowest BCUT2D eigenvalue weighted by molar-refractivity contribution is -0.332. The third-order valence-electron chi connectivity index (χ3n) is 9.89. The number of ether oxygens (including phenoxy) is 6. The molecular formula is C38H70O15. The fourth-order valence-electron chi connectivity index (χ4n) is 6.43. The van der Waals surface area contributed by atoms with Gasteiger partial charge in [-0.05, 0) is 6.42 Å². The number of hydrogen-bond acceptors (Lipinski definition) is 15. The van der Waals surface area contributed by atoms with E-state index in [0.717, 1.165) is 19.3 Å². The van der Waals surface area contributed by atoms with Crippen LogP contribution in [-0.4, -0.2) is 142 Å². The third-order valence-corrected chi connectivity index (χ3v) is 9.89. The fraction of sp³-hybridized carbons (Fsp3) is 0.947. The predicted molar refractivity (Wildman–Crippen MR) is 192 cm³/mol. The van der Waals surface area contributed by atoms with Crippen molar-refractivity contribution in [1.29, 1.82) is 0 Å². The second kappa shape index (κ2) is 28.0. The molecule has 15 nitrogen and oxygen atoms in total. The van der Waals surface area contributed by atoms with Crippen molar-refractivity contribution in [1.82, 2.24) is 0 Å². The van der Waals surface area contributed by atoms with Gasteiger partial charge in [0, 0.05) is 12.8 Å². The van der Waals surface area contributed by atoms with E-state index in [0.29, 0.717) is 6.42 Å². The maximum absolute atomic E-state index is 12.7. The highest BCUT2D eigenvalue weighted by Gasteiger charge is 2.47. The lowest BCUT2D eigenvalue weighted by atomic mass is 9.98. The quantitative estimate of drug-likeness (QED) is 0.0429. The van der Waals surface area contributed by atoms with Crippen molar-refractivity contribution in [3.8, 4) is 0 Å². The molecule has 0 spiro atoms. The van der Waals surface area contributed by atoms with E-state index in [1.54, 1.807) is 6.92 Å². The van der Waals surface area contributed by atoms with Gasteiger partial charge in [-0.15, -0.1) is 0 Å². The number of aliphatic hydroxyl groups excluding tert-OH is 7. The van der Waals surface area contributed by atoms with Crippen LogP contribution in [0.2, 0.25) is 0 Å². The van der Waals surface area contributed by atoms with Crippen molar-refractivity contribution in [3.05, 3.63) is 0 Å². The molecule has 2 aliphatic rings. The zero-order valence-electron chi connectivity index (χ0n) is 32.0. The normalized spacial score (nSPS) is 29.5. The zero-order chi connectivity index (χ0) is 39.0. The van der Waals surface area contributed by atoms with Crippen LogP contribution >= 0.6 is 0 Å². The Balaban J connectivity index is 1.70. The summed E-state index contributed by atoms with van der Waals surface area (Å²) in [5, 5.41) is 71.1. The molecule has 0 saturated carbocycles. The number of carbonyl (C=O) groups is 2. The first-order chi connectivity index (χ1) is 25.5. The number of unbranched alkanes of at least 4 members (excludes halogenated alkanes) is 16. The standard InChI is InChI=1S/C38H70O15/c1-3-5-6-7-8-9-10-11-12-13-14-15-16-17-18-19-20-21-30(41)51-26(23-48-29(40)4-2)24-49-37-36(47)34(45)32(43)28(53-37)25-50-38-35(46)33(44)31(42)27(22-39)52-38/h26-28,31-39,42-47H,3-25H2,1-2H3. The molecule has 312 valence electrons. The Morgan fingerprint density at radius 2 is 1.00 bits per heavy atom. The van der Waals surface area contributed by atoms with Crippen LogP contribution in [0.5, 0.6) is 0 Å². The van der Waals surface area contributed by atoms with Gasteiger partial charge in [-0.1, -0.05) is 117 Å². The Bertz CT molecular complexity index is 955. The Hall–Kier alpha value is -1.50. The molecule has 53 heavy (non-hydrogen) atoms. The summed E-state index contributed by atoms with van der Waals surface area (Å²) >= 11 is 0. The molecule has 15 heteroatoms. The van der Waals surface area contributed by atoms with Crippen molar-refractivity contribution in [3.63, 3.8) is 0 Å². The molecule has 0 radical (unpaired) electrons. The molecule has 2 heterocycles. The first kappa shape index (κ1) is 47.7. The first-order valence-corrected chi connectivity index (χ1v) is 20.1. The summed E-state index contributed by atoms with van der Waals surface area (Å²) in [6.45, 7) is 1.97.